The molecule has 3 heterocycles. The van der Waals surface area contributed by atoms with Gasteiger partial charge in [-0.1, -0.05) is 0 Å². The molecular formula is C10H9BrN2OS. The monoisotopic (exact) mass is 284 g/mol. The van der Waals surface area contributed by atoms with Gasteiger partial charge >= 0.3 is 0 Å². The summed E-state index contributed by atoms with van der Waals surface area (Å²) < 4.78 is 6.54. The van der Waals surface area contributed by atoms with Crippen LogP contribution in [0.2, 0.25) is 0 Å². The van der Waals surface area contributed by atoms with Gasteiger partial charge in [0.15, 0.2) is 5.88 Å². The minimum absolute atomic E-state index is 0.293. The maximum absolute atomic E-state index is 5.58. The number of rotatable bonds is 1. The summed E-state index contributed by atoms with van der Waals surface area (Å²) in [6.07, 6.45) is 0. The first-order valence-corrected chi connectivity index (χ1v) is 6.34. The minimum Gasteiger partial charge on any atom is -0.478 e. The number of H-pyrrole nitrogens is 1. The molecule has 0 aromatic carbocycles. The van der Waals surface area contributed by atoms with E-state index in [4.69, 9.17) is 4.74 Å². The third-order valence-corrected chi connectivity index (χ3v) is 3.99. The molecule has 0 bridgehead atoms. The SMILES string of the molecule is Cc1csc(C2COc3[nH]c(Br)cc32)n1. The van der Waals surface area contributed by atoms with Crippen LogP contribution in [0.15, 0.2) is 16.0 Å². The third-order valence-electron chi connectivity index (χ3n) is 2.48. The van der Waals surface area contributed by atoms with E-state index in [0.717, 1.165) is 21.2 Å². The number of nitrogens with zero attached hydrogens (tertiary/aromatic N) is 1. The van der Waals surface area contributed by atoms with Crippen LogP contribution in [-0.2, 0) is 0 Å². The van der Waals surface area contributed by atoms with Crippen LogP contribution in [0.25, 0.3) is 0 Å². The maximum Gasteiger partial charge on any atom is 0.195 e. The van der Waals surface area contributed by atoms with E-state index >= 15 is 0 Å². The average Bonchev–Trinajstić information content (AvgIpc) is 2.80. The van der Waals surface area contributed by atoms with Crippen LogP contribution in [0.4, 0.5) is 0 Å². The molecule has 0 saturated carbocycles. The molecule has 2 aromatic rings. The highest BCUT2D eigenvalue weighted by molar-refractivity contribution is 9.10. The highest BCUT2D eigenvalue weighted by Crippen LogP contribution is 2.40. The van der Waals surface area contributed by atoms with E-state index in [1.807, 2.05) is 6.92 Å². The molecule has 1 unspecified atom stereocenters. The lowest BCUT2D eigenvalue weighted by Gasteiger charge is -2.02. The molecule has 0 radical (unpaired) electrons. The Bertz CT molecular complexity index is 505. The van der Waals surface area contributed by atoms with E-state index in [9.17, 15) is 0 Å². The van der Waals surface area contributed by atoms with Crippen molar-refractivity contribution < 1.29 is 4.74 Å². The van der Waals surface area contributed by atoms with Gasteiger partial charge in [0.05, 0.1) is 10.5 Å². The number of aromatic amines is 1. The molecule has 78 valence electrons. The number of hydrogen-bond donors (Lipinski definition) is 1. The lowest BCUT2D eigenvalue weighted by Crippen LogP contribution is -2.02. The van der Waals surface area contributed by atoms with Crippen LogP contribution >= 0.6 is 27.3 Å². The summed E-state index contributed by atoms with van der Waals surface area (Å²) >= 11 is 5.11. The van der Waals surface area contributed by atoms with Crippen molar-refractivity contribution in [3.63, 3.8) is 0 Å². The zero-order valence-corrected chi connectivity index (χ0v) is 10.5. The van der Waals surface area contributed by atoms with Crippen molar-refractivity contribution in [3.05, 3.63) is 32.3 Å². The second kappa shape index (κ2) is 3.35. The van der Waals surface area contributed by atoms with Crippen molar-refractivity contribution in [2.24, 2.45) is 0 Å². The average molecular weight is 285 g/mol. The van der Waals surface area contributed by atoms with Crippen molar-refractivity contribution in [2.45, 2.75) is 12.8 Å². The molecule has 0 fully saturated rings. The molecule has 3 nitrogen and oxygen atoms in total. The van der Waals surface area contributed by atoms with E-state index in [1.54, 1.807) is 11.3 Å². The standard InChI is InChI=1S/C10H9BrN2OS/c1-5-4-15-10(12-5)7-3-14-9-6(7)2-8(11)13-9/h2,4,7,13H,3H2,1H3. The Morgan fingerprint density at radius 1 is 1.67 bits per heavy atom. The van der Waals surface area contributed by atoms with Gasteiger partial charge in [-0.15, -0.1) is 11.3 Å². The second-order valence-electron chi connectivity index (χ2n) is 3.59. The molecule has 0 spiro atoms. The molecule has 0 aliphatic carbocycles. The van der Waals surface area contributed by atoms with Gasteiger partial charge in [0, 0.05) is 16.6 Å². The topological polar surface area (TPSA) is 37.9 Å². The van der Waals surface area contributed by atoms with Crippen molar-refractivity contribution in [1.29, 1.82) is 0 Å². The fraction of sp³-hybridized carbons (Fsp3) is 0.300. The number of hydrogen-bond acceptors (Lipinski definition) is 3. The minimum atomic E-state index is 0.293. The molecule has 0 amide bonds. The van der Waals surface area contributed by atoms with Gasteiger partial charge in [0.2, 0.25) is 0 Å². The van der Waals surface area contributed by atoms with E-state index in [-0.39, 0.29) is 0 Å². The number of aryl methyl sites for hydroxylation is 1. The van der Waals surface area contributed by atoms with Crippen molar-refractivity contribution in [2.75, 3.05) is 6.61 Å². The van der Waals surface area contributed by atoms with Crippen LogP contribution in [0.1, 0.15) is 22.2 Å². The second-order valence-corrected chi connectivity index (χ2v) is 5.34. The Labute approximate surface area is 99.6 Å². The highest BCUT2D eigenvalue weighted by Gasteiger charge is 2.29. The van der Waals surface area contributed by atoms with Gasteiger partial charge in [0.25, 0.3) is 0 Å². The summed E-state index contributed by atoms with van der Waals surface area (Å²) in [5.41, 5.74) is 2.29. The molecule has 1 N–H and O–H groups in total. The Balaban J connectivity index is 2.02. The predicted octanol–water partition coefficient (Wildman–Crippen LogP) is 3.07. The van der Waals surface area contributed by atoms with Gasteiger partial charge < -0.3 is 9.72 Å². The molecule has 3 rings (SSSR count). The van der Waals surface area contributed by atoms with Crippen LogP contribution in [-0.4, -0.2) is 16.6 Å². The van der Waals surface area contributed by atoms with Crippen LogP contribution in [0, 0.1) is 6.92 Å². The Morgan fingerprint density at radius 3 is 3.27 bits per heavy atom. The fourth-order valence-electron chi connectivity index (χ4n) is 1.79. The molecule has 1 aliphatic heterocycles. The zero-order chi connectivity index (χ0) is 10.4. The third kappa shape index (κ3) is 1.50. The number of thiazole rings is 1. The summed E-state index contributed by atoms with van der Waals surface area (Å²) in [6, 6.07) is 2.07. The van der Waals surface area contributed by atoms with Gasteiger partial charge in [-0.25, -0.2) is 4.98 Å². The summed E-state index contributed by atoms with van der Waals surface area (Å²) in [5, 5.41) is 3.22. The van der Waals surface area contributed by atoms with Gasteiger partial charge in [-0.2, -0.15) is 0 Å². The van der Waals surface area contributed by atoms with Gasteiger partial charge in [-0.3, -0.25) is 0 Å². The number of nitrogens with one attached hydrogen (secondary N) is 1. The van der Waals surface area contributed by atoms with Gasteiger partial charge in [0.1, 0.15) is 11.6 Å². The molecular weight excluding hydrogens is 276 g/mol. The Kier molecular flexibility index (Phi) is 2.10. The molecule has 1 aliphatic rings. The number of halogens is 1. The summed E-state index contributed by atoms with van der Waals surface area (Å²) in [6.45, 7) is 2.71. The summed E-state index contributed by atoms with van der Waals surface area (Å²) in [7, 11) is 0. The quantitative estimate of drug-likeness (QED) is 0.874. The van der Waals surface area contributed by atoms with Crippen LogP contribution in [0.5, 0.6) is 5.88 Å². The molecule has 0 saturated heterocycles. The summed E-state index contributed by atoms with van der Waals surface area (Å²) in [4.78, 5) is 7.64. The number of fused-ring (bicyclic) bond motifs is 1. The van der Waals surface area contributed by atoms with E-state index in [0.29, 0.717) is 12.5 Å². The first kappa shape index (κ1) is 9.42. The smallest absolute Gasteiger partial charge is 0.195 e. The normalized spacial score (nSPS) is 18.9. The lowest BCUT2D eigenvalue weighted by molar-refractivity contribution is 0.331. The Hall–Kier alpha value is -0.810. The largest absolute Gasteiger partial charge is 0.478 e. The van der Waals surface area contributed by atoms with Crippen LogP contribution in [0.3, 0.4) is 0 Å². The fourth-order valence-corrected chi connectivity index (χ4v) is 3.12. The van der Waals surface area contributed by atoms with Crippen LogP contribution < -0.4 is 4.74 Å². The van der Waals surface area contributed by atoms with E-state index < -0.39 is 0 Å². The van der Waals surface area contributed by atoms with Crippen molar-refractivity contribution >= 4 is 27.3 Å². The van der Waals surface area contributed by atoms with E-state index in [1.165, 1.54) is 5.56 Å². The van der Waals surface area contributed by atoms with Gasteiger partial charge in [-0.05, 0) is 28.9 Å². The number of aromatic nitrogens is 2. The molecule has 2 aromatic heterocycles. The zero-order valence-electron chi connectivity index (χ0n) is 8.08. The van der Waals surface area contributed by atoms with E-state index in [2.05, 4.69) is 37.3 Å². The van der Waals surface area contributed by atoms with Crippen molar-refractivity contribution in [1.82, 2.24) is 9.97 Å². The predicted molar refractivity (Wildman–Crippen MR) is 62.7 cm³/mol. The molecule has 5 heteroatoms. The first-order valence-electron chi connectivity index (χ1n) is 4.67. The lowest BCUT2D eigenvalue weighted by atomic mass is 10.1. The molecule has 1 atom stereocenters. The van der Waals surface area contributed by atoms with Crippen molar-refractivity contribution in [3.8, 4) is 5.88 Å². The number of ether oxygens (including phenoxy) is 1. The molecule has 15 heavy (non-hydrogen) atoms. The highest BCUT2D eigenvalue weighted by atomic mass is 79.9. The maximum atomic E-state index is 5.58. The first-order chi connectivity index (χ1) is 7.24. The Morgan fingerprint density at radius 2 is 2.53 bits per heavy atom. The summed E-state index contributed by atoms with van der Waals surface area (Å²) in [5.74, 6) is 1.17.